The van der Waals surface area contributed by atoms with Crippen LogP contribution < -0.4 is 10.6 Å². The largest absolute Gasteiger partial charge is 0.443 e. The summed E-state index contributed by atoms with van der Waals surface area (Å²) in [4.78, 5) is 17.2. The summed E-state index contributed by atoms with van der Waals surface area (Å²) in [5.74, 6) is 0.649. The lowest BCUT2D eigenvalue weighted by Gasteiger charge is -2.09. The zero-order valence-corrected chi connectivity index (χ0v) is 12.4. The molecule has 20 heavy (non-hydrogen) atoms. The lowest BCUT2D eigenvalue weighted by atomic mass is 10.2. The molecule has 1 saturated heterocycles. The predicted octanol–water partition coefficient (Wildman–Crippen LogP) is 2.19. The van der Waals surface area contributed by atoms with Gasteiger partial charge in [-0.15, -0.1) is 23.7 Å². The third-order valence-electron chi connectivity index (χ3n) is 3.10. The maximum atomic E-state index is 11.8. The average molecular weight is 314 g/mol. The van der Waals surface area contributed by atoms with Gasteiger partial charge in [0.1, 0.15) is 6.26 Å². The lowest BCUT2D eigenvalue weighted by molar-refractivity contribution is -0.122. The highest BCUT2D eigenvalue weighted by atomic mass is 35.5. The van der Waals surface area contributed by atoms with E-state index in [1.54, 1.807) is 17.6 Å². The Morgan fingerprint density at radius 3 is 3.20 bits per heavy atom. The molecule has 1 unspecified atom stereocenters. The van der Waals surface area contributed by atoms with Gasteiger partial charge in [0.2, 0.25) is 11.8 Å². The standard InChI is InChI=1S/C13H15N3O2S.ClH/c17-12(10-3-1-5-14-10)15-7-9-8-18-13(16-9)11-4-2-6-19-11;/h2,4,6,8,10,14H,1,3,5,7H2,(H,15,17);1H. The molecular formula is C13H16ClN3O2S. The highest BCUT2D eigenvalue weighted by Gasteiger charge is 2.21. The van der Waals surface area contributed by atoms with Gasteiger partial charge in [-0.25, -0.2) is 4.98 Å². The molecule has 0 saturated carbocycles. The number of nitrogens with zero attached hydrogens (tertiary/aromatic N) is 1. The second-order valence-electron chi connectivity index (χ2n) is 4.49. The van der Waals surface area contributed by atoms with Gasteiger partial charge >= 0.3 is 0 Å². The molecule has 3 heterocycles. The number of rotatable bonds is 4. The minimum atomic E-state index is -0.0522. The van der Waals surface area contributed by atoms with Crippen molar-refractivity contribution in [1.29, 1.82) is 0 Å². The highest BCUT2D eigenvalue weighted by molar-refractivity contribution is 7.13. The normalized spacial score (nSPS) is 17.7. The van der Waals surface area contributed by atoms with Crippen LogP contribution >= 0.6 is 23.7 Å². The second-order valence-corrected chi connectivity index (χ2v) is 5.44. The summed E-state index contributed by atoms with van der Waals surface area (Å²) in [6.07, 6.45) is 3.56. The molecule has 1 aliphatic heterocycles. The molecular weight excluding hydrogens is 298 g/mol. The molecule has 1 aliphatic rings. The van der Waals surface area contributed by atoms with Crippen LogP contribution in [0, 0.1) is 0 Å². The van der Waals surface area contributed by atoms with Crippen LogP contribution in [0.2, 0.25) is 0 Å². The Morgan fingerprint density at radius 2 is 2.50 bits per heavy atom. The molecule has 1 fully saturated rings. The van der Waals surface area contributed by atoms with Crippen LogP contribution in [0.5, 0.6) is 0 Å². The van der Waals surface area contributed by atoms with Crippen molar-refractivity contribution in [3.8, 4) is 10.8 Å². The van der Waals surface area contributed by atoms with Crippen LogP contribution in [-0.2, 0) is 11.3 Å². The van der Waals surface area contributed by atoms with Crippen molar-refractivity contribution in [2.45, 2.75) is 25.4 Å². The molecule has 108 valence electrons. The summed E-state index contributed by atoms with van der Waals surface area (Å²) in [7, 11) is 0. The first kappa shape index (κ1) is 15.0. The van der Waals surface area contributed by atoms with E-state index in [2.05, 4.69) is 15.6 Å². The molecule has 0 aromatic carbocycles. The number of oxazole rings is 1. The summed E-state index contributed by atoms with van der Waals surface area (Å²) < 4.78 is 5.40. The van der Waals surface area contributed by atoms with Gasteiger partial charge in [-0.3, -0.25) is 4.79 Å². The summed E-state index contributed by atoms with van der Waals surface area (Å²) in [5, 5.41) is 8.02. The van der Waals surface area contributed by atoms with E-state index in [1.165, 1.54) is 0 Å². The van der Waals surface area contributed by atoms with Gasteiger partial charge in [-0.1, -0.05) is 6.07 Å². The first-order valence-electron chi connectivity index (χ1n) is 6.32. The quantitative estimate of drug-likeness (QED) is 0.908. The minimum absolute atomic E-state index is 0. The number of thiophene rings is 1. The van der Waals surface area contributed by atoms with Crippen molar-refractivity contribution in [3.05, 3.63) is 29.5 Å². The first-order valence-corrected chi connectivity index (χ1v) is 7.20. The molecule has 2 aromatic heterocycles. The van der Waals surface area contributed by atoms with E-state index < -0.39 is 0 Å². The Morgan fingerprint density at radius 1 is 1.60 bits per heavy atom. The highest BCUT2D eigenvalue weighted by Crippen LogP contribution is 2.23. The number of carbonyl (C=O) groups excluding carboxylic acids is 1. The van der Waals surface area contributed by atoms with Crippen LogP contribution in [0.3, 0.4) is 0 Å². The van der Waals surface area contributed by atoms with E-state index in [4.69, 9.17) is 4.42 Å². The molecule has 2 aromatic rings. The van der Waals surface area contributed by atoms with E-state index in [0.717, 1.165) is 30.0 Å². The second kappa shape index (κ2) is 6.88. The Kier molecular flexibility index (Phi) is 5.17. The molecule has 5 nitrogen and oxygen atoms in total. The fourth-order valence-electron chi connectivity index (χ4n) is 2.11. The zero-order chi connectivity index (χ0) is 13.1. The predicted molar refractivity (Wildman–Crippen MR) is 79.9 cm³/mol. The van der Waals surface area contributed by atoms with Crippen LogP contribution in [0.4, 0.5) is 0 Å². The van der Waals surface area contributed by atoms with E-state index in [1.807, 2.05) is 17.5 Å². The molecule has 1 atom stereocenters. The minimum Gasteiger partial charge on any atom is -0.443 e. The third-order valence-corrected chi connectivity index (χ3v) is 3.96. The molecule has 0 radical (unpaired) electrons. The fraction of sp³-hybridized carbons (Fsp3) is 0.385. The number of hydrogen-bond donors (Lipinski definition) is 2. The van der Waals surface area contributed by atoms with Gasteiger partial charge < -0.3 is 15.1 Å². The smallest absolute Gasteiger partial charge is 0.237 e. The van der Waals surface area contributed by atoms with Crippen LogP contribution in [-0.4, -0.2) is 23.5 Å². The number of aromatic nitrogens is 1. The van der Waals surface area contributed by atoms with Crippen molar-refractivity contribution in [2.75, 3.05) is 6.54 Å². The van der Waals surface area contributed by atoms with Gasteiger partial charge in [-0.05, 0) is 30.8 Å². The Balaban J connectivity index is 0.00000147. The average Bonchev–Trinajstić information content (AvgIpc) is 3.14. The maximum Gasteiger partial charge on any atom is 0.237 e. The van der Waals surface area contributed by atoms with Gasteiger partial charge in [0.05, 0.1) is 23.2 Å². The topological polar surface area (TPSA) is 67.2 Å². The Labute approximate surface area is 127 Å². The monoisotopic (exact) mass is 313 g/mol. The van der Waals surface area contributed by atoms with Gasteiger partial charge in [-0.2, -0.15) is 0 Å². The van der Waals surface area contributed by atoms with Crippen molar-refractivity contribution < 1.29 is 9.21 Å². The Hall–Kier alpha value is -1.37. The van der Waals surface area contributed by atoms with Crippen LogP contribution in [0.1, 0.15) is 18.5 Å². The van der Waals surface area contributed by atoms with Crippen molar-refractivity contribution >= 4 is 29.7 Å². The number of halogens is 1. The summed E-state index contributed by atoms with van der Waals surface area (Å²) in [5.41, 5.74) is 0.745. The number of carbonyl (C=O) groups is 1. The van der Waals surface area contributed by atoms with Crippen molar-refractivity contribution in [1.82, 2.24) is 15.6 Å². The van der Waals surface area contributed by atoms with Gasteiger partial charge in [0.25, 0.3) is 0 Å². The summed E-state index contributed by atoms with van der Waals surface area (Å²) in [6, 6.07) is 3.86. The molecule has 2 N–H and O–H groups in total. The van der Waals surface area contributed by atoms with Gasteiger partial charge in [0.15, 0.2) is 0 Å². The van der Waals surface area contributed by atoms with E-state index in [0.29, 0.717) is 12.4 Å². The number of amides is 1. The molecule has 0 spiro atoms. The van der Waals surface area contributed by atoms with E-state index in [-0.39, 0.29) is 24.4 Å². The lowest BCUT2D eigenvalue weighted by Crippen LogP contribution is -2.40. The van der Waals surface area contributed by atoms with Crippen LogP contribution in [0.15, 0.2) is 28.2 Å². The zero-order valence-electron chi connectivity index (χ0n) is 10.8. The van der Waals surface area contributed by atoms with E-state index >= 15 is 0 Å². The molecule has 0 bridgehead atoms. The molecule has 7 heteroatoms. The summed E-state index contributed by atoms with van der Waals surface area (Å²) in [6.45, 7) is 1.33. The SMILES string of the molecule is Cl.O=C(NCc1coc(-c2cccs2)n1)C1CCCN1. The van der Waals surface area contributed by atoms with Crippen molar-refractivity contribution in [2.24, 2.45) is 0 Å². The maximum absolute atomic E-state index is 11.8. The fourth-order valence-corrected chi connectivity index (χ4v) is 2.77. The van der Waals surface area contributed by atoms with E-state index in [9.17, 15) is 4.79 Å². The number of hydrogen-bond acceptors (Lipinski definition) is 5. The number of nitrogens with one attached hydrogen (secondary N) is 2. The summed E-state index contributed by atoms with van der Waals surface area (Å²) >= 11 is 1.58. The molecule has 0 aliphatic carbocycles. The van der Waals surface area contributed by atoms with Crippen molar-refractivity contribution in [3.63, 3.8) is 0 Å². The van der Waals surface area contributed by atoms with Crippen LogP contribution in [0.25, 0.3) is 10.8 Å². The Bertz CT molecular complexity index is 550. The molecule has 3 rings (SSSR count). The van der Waals surface area contributed by atoms with Gasteiger partial charge in [0, 0.05) is 0 Å². The molecule has 1 amide bonds. The first-order chi connectivity index (χ1) is 9.33. The third kappa shape index (κ3) is 3.39.